The standard InChI is InChI=1S/C19H24ClN5OS/c20-17-12-14-16(27-17)11-15(21-14)19-22-18(13-3-1-2-4-13)23-25(19)6-5-24-7-9-26-10-8-24/h11-13,21H,1-10H2. The number of morpholine rings is 1. The van der Waals surface area contributed by atoms with Crippen LogP contribution in [-0.2, 0) is 11.3 Å². The van der Waals surface area contributed by atoms with Crippen molar-refractivity contribution in [2.75, 3.05) is 32.8 Å². The summed E-state index contributed by atoms with van der Waals surface area (Å²) in [6.45, 7) is 5.47. The van der Waals surface area contributed by atoms with E-state index in [0.29, 0.717) is 5.92 Å². The number of aromatic amines is 1. The number of rotatable bonds is 5. The van der Waals surface area contributed by atoms with E-state index in [2.05, 4.69) is 20.6 Å². The number of fused-ring (bicyclic) bond motifs is 1. The number of thiophene rings is 1. The van der Waals surface area contributed by atoms with Crippen LogP contribution in [-0.4, -0.2) is 57.5 Å². The fourth-order valence-corrected chi connectivity index (χ4v) is 5.29. The van der Waals surface area contributed by atoms with Gasteiger partial charge >= 0.3 is 0 Å². The molecule has 1 N–H and O–H groups in total. The molecule has 3 aromatic rings. The minimum Gasteiger partial charge on any atom is -0.379 e. The molecule has 144 valence electrons. The second-order valence-corrected chi connectivity index (χ2v) is 9.18. The zero-order valence-electron chi connectivity index (χ0n) is 15.3. The highest BCUT2D eigenvalue weighted by Gasteiger charge is 2.24. The van der Waals surface area contributed by atoms with Crippen LogP contribution in [0.4, 0.5) is 0 Å². The van der Waals surface area contributed by atoms with Gasteiger partial charge < -0.3 is 9.72 Å². The van der Waals surface area contributed by atoms with Gasteiger partial charge in [0.05, 0.1) is 40.0 Å². The molecular formula is C19H24ClN5OS. The molecule has 5 rings (SSSR count). The molecule has 0 atom stereocenters. The highest BCUT2D eigenvalue weighted by molar-refractivity contribution is 7.22. The van der Waals surface area contributed by atoms with Crippen molar-refractivity contribution in [2.45, 2.75) is 38.1 Å². The maximum absolute atomic E-state index is 6.13. The third kappa shape index (κ3) is 3.66. The highest BCUT2D eigenvalue weighted by atomic mass is 35.5. The SMILES string of the molecule is Clc1cc2[nH]c(-c3nc(C4CCCC4)nn3CCN3CCOCC3)cc2s1. The van der Waals surface area contributed by atoms with Crippen molar-refractivity contribution >= 4 is 33.2 Å². The number of H-pyrrole nitrogens is 1. The normalized spacial score (nSPS) is 19.4. The van der Waals surface area contributed by atoms with Crippen molar-refractivity contribution in [1.82, 2.24) is 24.6 Å². The molecule has 0 radical (unpaired) electrons. The van der Waals surface area contributed by atoms with Crippen LogP contribution in [0.15, 0.2) is 12.1 Å². The Kier molecular flexibility index (Phi) is 4.94. The van der Waals surface area contributed by atoms with Crippen LogP contribution in [0, 0.1) is 0 Å². The van der Waals surface area contributed by atoms with Gasteiger partial charge in [-0.25, -0.2) is 9.67 Å². The second kappa shape index (κ2) is 7.54. The van der Waals surface area contributed by atoms with E-state index in [1.165, 1.54) is 30.4 Å². The fourth-order valence-electron chi connectivity index (χ4n) is 4.14. The van der Waals surface area contributed by atoms with Gasteiger partial charge in [-0.2, -0.15) is 5.10 Å². The van der Waals surface area contributed by atoms with Gasteiger partial charge in [-0.05, 0) is 25.0 Å². The second-order valence-electron chi connectivity index (χ2n) is 7.46. The first-order valence-corrected chi connectivity index (χ1v) is 11.0. The number of hydrogen-bond donors (Lipinski definition) is 1. The summed E-state index contributed by atoms with van der Waals surface area (Å²) in [5.41, 5.74) is 2.11. The van der Waals surface area contributed by atoms with Gasteiger partial charge in [-0.1, -0.05) is 24.4 Å². The number of ether oxygens (including phenoxy) is 1. The minimum atomic E-state index is 0.513. The Morgan fingerprint density at radius 3 is 2.78 bits per heavy atom. The molecule has 1 aliphatic carbocycles. The lowest BCUT2D eigenvalue weighted by atomic mass is 10.1. The number of aromatic nitrogens is 4. The van der Waals surface area contributed by atoms with E-state index < -0.39 is 0 Å². The lowest BCUT2D eigenvalue weighted by Gasteiger charge is -2.26. The van der Waals surface area contributed by atoms with Crippen LogP contribution in [0.2, 0.25) is 4.34 Å². The largest absolute Gasteiger partial charge is 0.379 e. The molecule has 1 saturated heterocycles. The van der Waals surface area contributed by atoms with Gasteiger partial charge in [0.2, 0.25) is 0 Å². The van der Waals surface area contributed by atoms with E-state index in [9.17, 15) is 0 Å². The zero-order valence-corrected chi connectivity index (χ0v) is 16.9. The van der Waals surface area contributed by atoms with Crippen molar-refractivity contribution in [3.05, 3.63) is 22.3 Å². The van der Waals surface area contributed by atoms with Crippen molar-refractivity contribution < 1.29 is 4.74 Å². The average Bonchev–Trinajstić information content (AvgIpc) is 3.43. The molecule has 2 aliphatic rings. The van der Waals surface area contributed by atoms with Crippen LogP contribution in [0.5, 0.6) is 0 Å². The summed E-state index contributed by atoms with van der Waals surface area (Å²) in [6, 6.07) is 4.14. The lowest BCUT2D eigenvalue weighted by Crippen LogP contribution is -2.38. The fraction of sp³-hybridized carbons (Fsp3) is 0.579. The molecule has 0 unspecified atom stereocenters. The molecule has 1 aliphatic heterocycles. The van der Waals surface area contributed by atoms with Gasteiger partial charge in [0, 0.05) is 25.6 Å². The van der Waals surface area contributed by atoms with Crippen LogP contribution in [0.25, 0.3) is 21.7 Å². The van der Waals surface area contributed by atoms with Crippen molar-refractivity contribution in [3.63, 3.8) is 0 Å². The summed E-state index contributed by atoms with van der Waals surface area (Å²) < 4.78 is 9.53. The predicted molar refractivity (Wildman–Crippen MR) is 109 cm³/mol. The molecule has 2 fully saturated rings. The maximum atomic E-state index is 6.13. The van der Waals surface area contributed by atoms with E-state index in [0.717, 1.165) is 66.6 Å². The Balaban J connectivity index is 1.44. The van der Waals surface area contributed by atoms with Gasteiger partial charge in [0.25, 0.3) is 0 Å². The molecule has 27 heavy (non-hydrogen) atoms. The van der Waals surface area contributed by atoms with E-state index in [1.54, 1.807) is 11.3 Å². The quantitative estimate of drug-likeness (QED) is 0.693. The van der Waals surface area contributed by atoms with Crippen molar-refractivity contribution in [1.29, 1.82) is 0 Å². The molecule has 4 heterocycles. The third-order valence-electron chi connectivity index (χ3n) is 5.66. The van der Waals surface area contributed by atoms with Crippen molar-refractivity contribution in [2.24, 2.45) is 0 Å². The van der Waals surface area contributed by atoms with E-state index in [1.807, 2.05) is 6.07 Å². The number of nitrogens with zero attached hydrogens (tertiary/aromatic N) is 4. The molecular weight excluding hydrogens is 382 g/mol. The number of nitrogens with one attached hydrogen (secondary N) is 1. The summed E-state index contributed by atoms with van der Waals surface area (Å²) in [7, 11) is 0. The number of halogens is 1. The molecule has 0 aromatic carbocycles. The molecule has 0 spiro atoms. The van der Waals surface area contributed by atoms with Crippen LogP contribution < -0.4 is 0 Å². The van der Waals surface area contributed by atoms with Gasteiger partial charge in [0.15, 0.2) is 11.6 Å². The first kappa shape index (κ1) is 17.7. The maximum Gasteiger partial charge on any atom is 0.174 e. The Morgan fingerprint density at radius 1 is 1.19 bits per heavy atom. The minimum absolute atomic E-state index is 0.513. The Hall–Kier alpha value is -1.41. The molecule has 0 amide bonds. The summed E-state index contributed by atoms with van der Waals surface area (Å²) in [4.78, 5) is 10.9. The van der Waals surface area contributed by atoms with Gasteiger partial charge in [-0.3, -0.25) is 4.90 Å². The Bertz CT molecular complexity index is 888. The topological polar surface area (TPSA) is 59.0 Å². The summed E-state index contributed by atoms with van der Waals surface area (Å²) in [5.74, 6) is 2.48. The lowest BCUT2D eigenvalue weighted by molar-refractivity contribution is 0.0360. The Labute approximate surface area is 167 Å². The predicted octanol–water partition coefficient (Wildman–Crippen LogP) is 4.13. The summed E-state index contributed by atoms with van der Waals surface area (Å²) in [5, 5.41) is 4.93. The molecule has 0 bridgehead atoms. The smallest absolute Gasteiger partial charge is 0.174 e. The molecule has 8 heteroatoms. The van der Waals surface area contributed by atoms with E-state index in [-0.39, 0.29) is 0 Å². The van der Waals surface area contributed by atoms with Crippen molar-refractivity contribution in [3.8, 4) is 11.5 Å². The molecule has 6 nitrogen and oxygen atoms in total. The van der Waals surface area contributed by atoms with E-state index in [4.69, 9.17) is 26.4 Å². The first-order valence-electron chi connectivity index (χ1n) is 9.79. The Morgan fingerprint density at radius 2 is 2.00 bits per heavy atom. The third-order valence-corrected chi connectivity index (χ3v) is 6.87. The van der Waals surface area contributed by atoms with Crippen LogP contribution >= 0.6 is 22.9 Å². The average molecular weight is 406 g/mol. The van der Waals surface area contributed by atoms with Crippen LogP contribution in [0.3, 0.4) is 0 Å². The summed E-state index contributed by atoms with van der Waals surface area (Å²) in [6.07, 6.45) is 5.00. The van der Waals surface area contributed by atoms with Gasteiger partial charge in [-0.15, -0.1) is 11.3 Å². The van der Waals surface area contributed by atoms with Crippen LogP contribution in [0.1, 0.15) is 37.4 Å². The van der Waals surface area contributed by atoms with Gasteiger partial charge in [0.1, 0.15) is 0 Å². The highest BCUT2D eigenvalue weighted by Crippen LogP contribution is 2.35. The first-order chi connectivity index (χ1) is 13.3. The van der Waals surface area contributed by atoms with E-state index >= 15 is 0 Å². The monoisotopic (exact) mass is 405 g/mol. The molecule has 1 saturated carbocycles. The zero-order chi connectivity index (χ0) is 18.2. The number of hydrogen-bond acceptors (Lipinski definition) is 5. The summed E-state index contributed by atoms with van der Waals surface area (Å²) >= 11 is 7.73. The molecule has 3 aromatic heterocycles.